The molecular formula is C17H18N2O2. The maximum atomic E-state index is 10.2. The Kier molecular flexibility index (Phi) is 4.68. The fourth-order valence-corrected chi connectivity index (χ4v) is 2.05. The van der Waals surface area contributed by atoms with Gasteiger partial charge in [0.2, 0.25) is 0 Å². The third-order valence-electron chi connectivity index (χ3n) is 3.22. The molecule has 108 valence electrons. The van der Waals surface area contributed by atoms with Gasteiger partial charge < -0.3 is 15.2 Å². The number of aromatic hydroxyl groups is 1. The van der Waals surface area contributed by atoms with Gasteiger partial charge in [0, 0.05) is 17.8 Å². The van der Waals surface area contributed by atoms with Crippen LogP contribution < -0.4 is 10.1 Å². The van der Waals surface area contributed by atoms with Crippen molar-refractivity contribution >= 4 is 5.69 Å². The van der Waals surface area contributed by atoms with Gasteiger partial charge in [-0.1, -0.05) is 18.2 Å². The molecule has 2 rings (SSSR count). The van der Waals surface area contributed by atoms with E-state index in [2.05, 4.69) is 11.4 Å². The van der Waals surface area contributed by atoms with Crippen LogP contribution in [0.2, 0.25) is 0 Å². The lowest BCUT2D eigenvalue weighted by atomic mass is 10.1. The minimum absolute atomic E-state index is 0.154. The first kappa shape index (κ1) is 14.7. The highest BCUT2D eigenvalue weighted by Gasteiger charge is 2.08. The van der Waals surface area contributed by atoms with Crippen molar-refractivity contribution in [3.63, 3.8) is 0 Å². The van der Waals surface area contributed by atoms with Crippen LogP contribution in [0.3, 0.4) is 0 Å². The van der Waals surface area contributed by atoms with Crippen molar-refractivity contribution in [1.82, 2.24) is 0 Å². The quantitative estimate of drug-likeness (QED) is 0.879. The molecule has 0 aliphatic rings. The predicted octanol–water partition coefficient (Wildman–Crippen LogP) is 3.58. The molecule has 0 saturated heterocycles. The Morgan fingerprint density at radius 3 is 2.81 bits per heavy atom. The molecule has 0 bridgehead atoms. The van der Waals surface area contributed by atoms with E-state index < -0.39 is 0 Å². The fraction of sp³-hybridized carbons (Fsp3) is 0.235. The van der Waals surface area contributed by atoms with Gasteiger partial charge in [0.1, 0.15) is 0 Å². The van der Waals surface area contributed by atoms with Crippen LogP contribution in [0.1, 0.15) is 23.6 Å². The van der Waals surface area contributed by atoms with Crippen molar-refractivity contribution in [2.45, 2.75) is 20.4 Å². The number of rotatable bonds is 5. The Labute approximate surface area is 124 Å². The van der Waals surface area contributed by atoms with E-state index in [-0.39, 0.29) is 5.75 Å². The van der Waals surface area contributed by atoms with Gasteiger partial charge in [-0.05, 0) is 37.6 Å². The van der Waals surface area contributed by atoms with E-state index in [1.54, 1.807) is 18.2 Å². The Morgan fingerprint density at radius 2 is 2.10 bits per heavy atom. The summed E-state index contributed by atoms with van der Waals surface area (Å²) in [6.07, 6.45) is 0. The molecule has 2 aromatic carbocycles. The summed E-state index contributed by atoms with van der Waals surface area (Å²) in [4.78, 5) is 0. The summed E-state index contributed by atoms with van der Waals surface area (Å²) in [5.74, 6) is 0.639. The first-order valence-electron chi connectivity index (χ1n) is 6.84. The van der Waals surface area contributed by atoms with Crippen molar-refractivity contribution in [1.29, 1.82) is 5.26 Å². The molecule has 0 aliphatic carbocycles. The van der Waals surface area contributed by atoms with Crippen molar-refractivity contribution < 1.29 is 9.84 Å². The number of phenolic OH excluding ortho intramolecular Hbond substituents is 1. The van der Waals surface area contributed by atoms with E-state index in [9.17, 15) is 5.11 Å². The maximum Gasteiger partial charge on any atom is 0.162 e. The lowest BCUT2D eigenvalue weighted by Crippen LogP contribution is -2.02. The second kappa shape index (κ2) is 6.67. The molecule has 21 heavy (non-hydrogen) atoms. The molecular weight excluding hydrogens is 264 g/mol. The highest BCUT2D eigenvalue weighted by atomic mass is 16.5. The van der Waals surface area contributed by atoms with E-state index in [0.717, 1.165) is 16.8 Å². The molecule has 0 saturated carbocycles. The number of anilines is 1. The topological polar surface area (TPSA) is 65.3 Å². The molecule has 0 atom stereocenters. The number of nitrogens with zero attached hydrogens (tertiary/aromatic N) is 1. The number of para-hydroxylation sites is 1. The Hall–Kier alpha value is -2.67. The van der Waals surface area contributed by atoms with Gasteiger partial charge in [-0.25, -0.2) is 0 Å². The Balaban J connectivity index is 2.17. The molecule has 0 unspecified atom stereocenters. The zero-order valence-electron chi connectivity index (χ0n) is 12.2. The van der Waals surface area contributed by atoms with Gasteiger partial charge in [0.15, 0.2) is 11.5 Å². The van der Waals surface area contributed by atoms with Crippen molar-refractivity contribution in [3.05, 3.63) is 53.1 Å². The van der Waals surface area contributed by atoms with Crippen LogP contribution in [-0.2, 0) is 6.54 Å². The van der Waals surface area contributed by atoms with Crippen LogP contribution in [0, 0.1) is 18.3 Å². The molecule has 4 heteroatoms. The number of hydrogen-bond donors (Lipinski definition) is 2. The zero-order valence-corrected chi connectivity index (χ0v) is 12.2. The van der Waals surface area contributed by atoms with Crippen molar-refractivity contribution in [2.24, 2.45) is 0 Å². The fourth-order valence-electron chi connectivity index (χ4n) is 2.05. The smallest absolute Gasteiger partial charge is 0.162 e. The van der Waals surface area contributed by atoms with Gasteiger partial charge >= 0.3 is 0 Å². The van der Waals surface area contributed by atoms with E-state index >= 15 is 0 Å². The maximum absolute atomic E-state index is 10.2. The summed E-state index contributed by atoms with van der Waals surface area (Å²) in [5.41, 5.74) is 3.29. The predicted molar refractivity (Wildman–Crippen MR) is 82.5 cm³/mol. The third-order valence-corrected chi connectivity index (χ3v) is 3.22. The van der Waals surface area contributed by atoms with Gasteiger partial charge in [-0.15, -0.1) is 0 Å². The first-order valence-corrected chi connectivity index (χ1v) is 6.84. The Bertz CT molecular complexity index is 675. The summed E-state index contributed by atoms with van der Waals surface area (Å²) in [5, 5.41) is 22.3. The van der Waals surface area contributed by atoms with Crippen LogP contribution in [0.25, 0.3) is 0 Å². The second-order valence-electron chi connectivity index (χ2n) is 4.69. The molecule has 0 aliphatic heterocycles. The van der Waals surface area contributed by atoms with E-state index in [1.807, 2.05) is 32.0 Å². The summed E-state index contributed by atoms with van der Waals surface area (Å²) >= 11 is 0. The number of phenols is 1. The average molecular weight is 282 g/mol. The average Bonchev–Trinajstić information content (AvgIpc) is 2.50. The van der Waals surface area contributed by atoms with Crippen molar-refractivity contribution in [3.8, 4) is 17.6 Å². The summed E-state index contributed by atoms with van der Waals surface area (Å²) in [6, 6.07) is 13.0. The number of hydrogen-bond acceptors (Lipinski definition) is 4. The number of ether oxygens (including phenoxy) is 1. The zero-order chi connectivity index (χ0) is 15.2. The number of nitrogens with one attached hydrogen (secondary N) is 1. The first-order chi connectivity index (χ1) is 10.2. The van der Waals surface area contributed by atoms with Crippen molar-refractivity contribution in [2.75, 3.05) is 11.9 Å². The highest BCUT2D eigenvalue weighted by Crippen LogP contribution is 2.30. The number of aryl methyl sites for hydroxylation is 1. The molecule has 4 nitrogen and oxygen atoms in total. The van der Waals surface area contributed by atoms with Crippen LogP contribution >= 0.6 is 0 Å². The Morgan fingerprint density at radius 1 is 1.29 bits per heavy atom. The number of benzene rings is 2. The van der Waals surface area contributed by atoms with Crippen LogP contribution in [0.5, 0.6) is 11.5 Å². The van der Waals surface area contributed by atoms with Gasteiger partial charge in [-0.3, -0.25) is 0 Å². The van der Waals surface area contributed by atoms with E-state index in [0.29, 0.717) is 24.5 Å². The SMILES string of the molecule is CCOc1cccc(CNc2cc(C#N)ccc2C)c1O. The largest absolute Gasteiger partial charge is 0.504 e. The molecule has 0 amide bonds. The lowest BCUT2D eigenvalue weighted by molar-refractivity contribution is 0.317. The summed E-state index contributed by atoms with van der Waals surface area (Å²) < 4.78 is 5.37. The standard InChI is InChI=1S/C17H18N2O2/c1-3-21-16-6-4-5-14(17(16)20)11-19-15-9-13(10-18)8-7-12(15)2/h4-9,19-20H,3,11H2,1-2H3. The summed E-state index contributed by atoms with van der Waals surface area (Å²) in [7, 11) is 0. The summed E-state index contributed by atoms with van der Waals surface area (Å²) in [6.45, 7) is 4.82. The normalized spacial score (nSPS) is 9.95. The van der Waals surface area contributed by atoms with Crippen LogP contribution in [0.4, 0.5) is 5.69 Å². The molecule has 0 heterocycles. The number of nitriles is 1. The van der Waals surface area contributed by atoms with Gasteiger partial charge in [0.25, 0.3) is 0 Å². The third kappa shape index (κ3) is 3.46. The minimum Gasteiger partial charge on any atom is -0.504 e. The second-order valence-corrected chi connectivity index (χ2v) is 4.69. The highest BCUT2D eigenvalue weighted by molar-refractivity contribution is 5.56. The van der Waals surface area contributed by atoms with Gasteiger partial charge in [-0.2, -0.15) is 5.26 Å². The van der Waals surface area contributed by atoms with E-state index in [1.165, 1.54) is 0 Å². The van der Waals surface area contributed by atoms with Crippen LogP contribution in [0.15, 0.2) is 36.4 Å². The molecule has 0 spiro atoms. The van der Waals surface area contributed by atoms with E-state index in [4.69, 9.17) is 10.00 Å². The van der Waals surface area contributed by atoms with Crippen LogP contribution in [-0.4, -0.2) is 11.7 Å². The molecule has 0 aromatic heterocycles. The lowest BCUT2D eigenvalue weighted by Gasteiger charge is -2.13. The molecule has 0 fully saturated rings. The molecule has 2 aromatic rings. The minimum atomic E-state index is 0.154. The molecule has 2 N–H and O–H groups in total. The molecule has 0 radical (unpaired) electrons. The van der Waals surface area contributed by atoms with Gasteiger partial charge in [0.05, 0.1) is 18.2 Å². The monoisotopic (exact) mass is 282 g/mol.